The molecule has 100 valence electrons. The van der Waals surface area contributed by atoms with E-state index in [-0.39, 0.29) is 0 Å². The average molecular weight is 251 g/mol. The minimum atomic E-state index is -0.667. The van der Waals surface area contributed by atoms with E-state index < -0.39 is 11.4 Å². The zero-order chi connectivity index (χ0) is 13.3. The highest BCUT2D eigenvalue weighted by atomic mass is 16.4. The van der Waals surface area contributed by atoms with Crippen LogP contribution in [0.3, 0.4) is 0 Å². The second kappa shape index (κ2) is 4.72. The van der Waals surface area contributed by atoms with E-state index >= 15 is 0 Å². The van der Waals surface area contributed by atoms with Gasteiger partial charge >= 0.3 is 5.97 Å². The highest BCUT2D eigenvalue weighted by Gasteiger charge is 2.36. The van der Waals surface area contributed by atoms with E-state index in [2.05, 4.69) is 16.9 Å². The number of hydrogen-bond donors (Lipinski definition) is 1. The third kappa shape index (κ3) is 2.41. The van der Waals surface area contributed by atoms with Gasteiger partial charge in [-0.25, -0.2) is 0 Å². The van der Waals surface area contributed by atoms with Crippen LogP contribution in [0.4, 0.5) is 0 Å². The molecule has 0 aromatic carbocycles. The van der Waals surface area contributed by atoms with Crippen LogP contribution in [-0.2, 0) is 18.4 Å². The number of carboxylic acids is 1. The van der Waals surface area contributed by atoms with Crippen LogP contribution < -0.4 is 0 Å². The Morgan fingerprint density at radius 2 is 2.11 bits per heavy atom. The van der Waals surface area contributed by atoms with E-state index in [0.29, 0.717) is 0 Å². The quantitative estimate of drug-likeness (QED) is 0.882. The van der Waals surface area contributed by atoms with Crippen molar-refractivity contribution in [3.63, 3.8) is 0 Å². The minimum absolute atomic E-state index is 0.541. The maximum Gasteiger partial charge on any atom is 0.309 e. The van der Waals surface area contributed by atoms with Crippen LogP contribution in [0.1, 0.15) is 31.0 Å². The van der Waals surface area contributed by atoms with Gasteiger partial charge in [0.1, 0.15) is 0 Å². The zero-order valence-corrected chi connectivity index (χ0v) is 11.3. The molecule has 1 aromatic rings. The van der Waals surface area contributed by atoms with E-state index in [1.165, 1.54) is 11.3 Å². The maximum absolute atomic E-state index is 11.2. The van der Waals surface area contributed by atoms with Crippen LogP contribution in [0.2, 0.25) is 0 Å². The third-order valence-electron chi connectivity index (χ3n) is 4.21. The van der Waals surface area contributed by atoms with Crippen molar-refractivity contribution >= 4 is 5.97 Å². The standard InChI is InChI=1S/C13H21N3O2/c1-10-11(8-14-15(10)3)9-16-6-4-13(2,5-7-16)12(17)18/h8H,4-7,9H2,1-3H3,(H,17,18). The molecule has 0 amide bonds. The van der Waals surface area contributed by atoms with E-state index in [9.17, 15) is 9.90 Å². The number of likely N-dealkylation sites (tertiary alicyclic amines) is 1. The molecular weight excluding hydrogens is 230 g/mol. The van der Waals surface area contributed by atoms with Gasteiger partial charge in [-0.3, -0.25) is 14.4 Å². The molecule has 0 aliphatic carbocycles. The van der Waals surface area contributed by atoms with Crippen molar-refractivity contribution in [3.05, 3.63) is 17.5 Å². The Bertz CT molecular complexity index is 445. The number of carboxylic acid groups (broad SMARTS) is 1. The second-order valence-electron chi connectivity index (χ2n) is 5.52. The highest BCUT2D eigenvalue weighted by Crippen LogP contribution is 2.31. The summed E-state index contributed by atoms with van der Waals surface area (Å²) in [6.45, 7) is 6.47. The molecule has 0 bridgehead atoms. The number of aliphatic carboxylic acids is 1. The first kappa shape index (κ1) is 13.1. The lowest BCUT2D eigenvalue weighted by Gasteiger charge is -2.36. The number of hydrogen-bond acceptors (Lipinski definition) is 3. The van der Waals surface area contributed by atoms with E-state index in [1.54, 1.807) is 0 Å². The van der Waals surface area contributed by atoms with Crippen molar-refractivity contribution in [2.24, 2.45) is 12.5 Å². The van der Waals surface area contributed by atoms with Gasteiger partial charge in [0.15, 0.2) is 0 Å². The van der Waals surface area contributed by atoms with Crippen LogP contribution in [-0.4, -0.2) is 38.8 Å². The van der Waals surface area contributed by atoms with Crippen molar-refractivity contribution in [1.29, 1.82) is 0 Å². The zero-order valence-electron chi connectivity index (χ0n) is 11.3. The van der Waals surface area contributed by atoms with Crippen LogP contribution in [0.15, 0.2) is 6.20 Å². The summed E-state index contributed by atoms with van der Waals surface area (Å²) < 4.78 is 1.88. The molecule has 2 rings (SSSR count). The molecule has 5 nitrogen and oxygen atoms in total. The third-order valence-corrected chi connectivity index (χ3v) is 4.21. The molecule has 0 radical (unpaired) electrons. The second-order valence-corrected chi connectivity index (χ2v) is 5.52. The van der Waals surface area contributed by atoms with Gasteiger partial charge in [0.25, 0.3) is 0 Å². The molecule has 1 aliphatic heterocycles. The van der Waals surface area contributed by atoms with Crippen LogP contribution in [0.25, 0.3) is 0 Å². The fraction of sp³-hybridized carbons (Fsp3) is 0.692. The van der Waals surface area contributed by atoms with Gasteiger partial charge in [0.2, 0.25) is 0 Å². The van der Waals surface area contributed by atoms with Crippen molar-refractivity contribution in [2.75, 3.05) is 13.1 Å². The molecule has 0 unspecified atom stereocenters. The molecular formula is C13H21N3O2. The van der Waals surface area contributed by atoms with Crippen molar-refractivity contribution in [2.45, 2.75) is 33.2 Å². The summed E-state index contributed by atoms with van der Waals surface area (Å²) in [6.07, 6.45) is 3.35. The molecule has 1 aromatic heterocycles. The summed E-state index contributed by atoms with van der Waals surface area (Å²) in [7, 11) is 1.94. The van der Waals surface area contributed by atoms with Crippen LogP contribution in [0.5, 0.6) is 0 Å². The van der Waals surface area contributed by atoms with Crippen molar-refractivity contribution in [3.8, 4) is 0 Å². The van der Waals surface area contributed by atoms with E-state index in [1.807, 2.05) is 24.9 Å². The Labute approximate surface area is 107 Å². The first-order valence-electron chi connectivity index (χ1n) is 6.35. The number of aryl methyl sites for hydroxylation is 1. The summed E-state index contributed by atoms with van der Waals surface area (Å²) in [4.78, 5) is 13.5. The van der Waals surface area contributed by atoms with Gasteiger partial charge in [-0.15, -0.1) is 0 Å². The molecule has 2 heterocycles. The fourth-order valence-corrected chi connectivity index (χ4v) is 2.36. The first-order chi connectivity index (χ1) is 8.42. The predicted octanol–water partition coefficient (Wildman–Crippen LogP) is 1.42. The Hall–Kier alpha value is -1.36. The lowest BCUT2D eigenvalue weighted by molar-refractivity contribution is -0.150. The summed E-state index contributed by atoms with van der Waals surface area (Å²) in [5.41, 5.74) is 1.87. The number of carbonyl (C=O) groups is 1. The number of piperidine rings is 1. The number of rotatable bonds is 3. The Balaban J connectivity index is 1.95. The average Bonchev–Trinajstić information content (AvgIpc) is 2.64. The van der Waals surface area contributed by atoms with Gasteiger partial charge in [0, 0.05) is 24.8 Å². The van der Waals surface area contributed by atoms with Gasteiger partial charge in [-0.2, -0.15) is 5.10 Å². The lowest BCUT2D eigenvalue weighted by Crippen LogP contribution is -2.42. The summed E-state index contributed by atoms with van der Waals surface area (Å²) in [6, 6.07) is 0. The molecule has 0 atom stereocenters. The predicted molar refractivity (Wildman–Crippen MR) is 68.2 cm³/mol. The Kier molecular flexibility index (Phi) is 3.43. The van der Waals surface area contributed by atoms with Gasteiger partial charge in [-0.1, -0.05) is 0 Å². The summed E-state index contributed by atoms with van der Waals surface area (Å²) in [5.74, 6) is -0.667. The number of aromatic nitrogens is 2. The smallest absolute Gasteiger partial charge is 0.309 e. The van der Waals surface area contributed by atoms with Crippen LogP contribution >= 0.6 is 0 Å². The summed E-state index contributed by atoms with van der Waals surface area (Å²) in [5, 5.41) is 13.4. The summed E-state index contributed by atoms with van der Waals surface area (Å²) >= 11 is 0. The topological polar surface area (TPSA) is 58.4 Å². The van der Waals surface area contributed by atoms with Crippen LogP contribution in [0, 0.1) is 12.3 Å². The maximum atomic E-state index is 11.2. The molecule has 1 aliphatic rings. The number of nitrogens with zero attached hydrogens (tertiary/aromatic N) is 3. The molecule has 1 fully saturated rings. The van der Waals surface area contributed by atoms with E-state index in [0.717, 1.165) is 32.5 Å². The molecule has 1 saturated heterocycles. The largest absolute Gasteiger partial charge is 0.481 e. The Morgan fingerprint density at radius 1 is 1.50 bits per heavy atom. The van der Waals surface area contributed by atoms with E-state index in [4.69, 9.17) is 0 Å². The lowest BCUT2D eigenvalue weighted by atomic mass is 9.80. The molecule has 5 heteroatoms. The van der Waals surface area contributed by atoms with Crippen molar-refractivity contribution in [1.82, 2.24) is 14.7 Å². The van der Waals surface area contributed by atoms with Crippen molar-refractivity contribution < 1.29 is 9.90 Å². The highest BCUT2D eigenvalue weighted by molar-refractivity contribution is 5.74. The first-order valence-corrected chi connectivity index (χ1v) is 6.35. The molecule has 18 heavy (non-hydrogen) atoms. The SMILES string of the molecule is Cc1c(CN2CCC(C)(C(=O)O)CC2)cnn1C. The van der Waals surface area contributed by atoms with Gasteiger partial charge in [0.05, 0.1) is 11.6 Å². The molecule has 1 N–H and O–H groups in total. The van der Waals surface area contributed by atoms with Gasteiger partial charge < -0.3 is 5.11 Å². The Morgan fingerprint density at radius 3 is 2.56 bits per heavy atom. The normalized spacial score (nSPS) is 19.9. The van der Waals surface area contributed by atoms with Gasteiger partial charge in [-0.05, 0) is 39.8 Å². The minimum Gasteiger partial charge on any atom is -0.481 e. The fourth-order valence-electron chi connectivity index (χ4n) is 2.36. The molecule has 0 saturated carbocycles. The monoisotopic (exact) mass is 251 g/mol. The molecule has 0 spiro atoms.